The lowest BCUT2D eigenvalue weighted by Crippen LogP contribution is -2.36. The van der Waals surface area contributed by atoms with E-state index in [1.54, 1.807) is 0 Å². The molecule has 2 aliphatic heterocycles. The Morgan fingerprint density at radius 3 is 2.41 bits per heavy atom. The van der Waals surface area contributed by atoms with E-state index in [-0.39, 0.29) is 12.1 Å². The highest BCUT2D eigenvalue weighted by Crippen LogP contribution is 2.43. The molecular weight excluding hydrogens is 352 g/mol. The van der Waals surface area contributed by atoms with Crippen molar-refractivity contribution < 1.29 is 0 Å². The van der Waals surface area contributed by atoms with Crippen molar-refractivity contribution in [3.8, 4) is 0 Å². The van der Waals surface area contributed by atoms with Gasteiger partial charge in [-0.25, -0.2) is 0 Å². The topological polar surface area (TPSA) is 24.7 Å². The minimum atomic E-state index is 0.106. The van der Waals surface area contributed by atoms with Crippen molar-refractivity contribution in [2.45, 2.75) is 58.5 Å². The van der Waals surface area contributed by atoms with Gasteiger partial charge in [0.25, 0.3) is 0 Å². The highest BCUT2D eigenvalue weighted by Gasteiger charge is 2.38. The Hall–Kier alpha value is -2.48. The average molecular weight is 383 g/mol. The summed E-state index contributed by atoms with van der Waals surface area (Å²) >= 11 is 0. The van der Waals surface area contributed by atoms with E-state index in [4.69, 9.17) is 9.98 Å². The summed E-state index contributed by atoms with van der Waals surface area (Å²) < 4.78 is 0. The number of allylic oxidation sites excluding steroid dienone is 10. The summed E-state index contributed by atoms with van der Waals surface area (Å²) in [5, 5.41) is 0. The number of nitrogens with zero attached hydrogens (tertiary/aromatic N) is 2. The second-order valence-electron chi connectivity index (χ2n) is 9.10. The number of hydrogen-bond acceptors (Lipinski definition) is 2. The minimum absolute atomic E-state index is 0.106. The lowest BCUT2D eigenvalue weighted by atomic mass is 9.73. The smallest absolute Gasteiger partial charge is 0.102 e. The first-order chi connectivity index (χ1) is 14.1. The first-order valence-electron chi connectivity index (χ1n) is 11.1. The van der Waals surface area contributed by atoms with E-state index in [1.807, 2.05) is 0 Å². The van der Waals surface area contributed by atoms with Crippen LogP contribution in [-0.2, 0) is 0 Å². The van der Waals surface area contributed by atoms with Gasteiger partial charge in [-0.05, 0) is 85.5 Å². The van der Waals surface area contributed by atoms with Gasteiger partial charge in [-0.2, -0.15) is 0 Å². The molecular formula is C27H30N2. The fraction of sp³-hybridized carbons (Fsp3) is 0.407. The fourth-order valence-corrected chi connectivity index (χ4v) is 5.36. The van der Waals surface area contributed by atoms with E-state index in [9.17, 15) is 0 Å². The van der Waals surface area contributed by atoms with Crippen LogP contribution >= 0.6 is 0 Å². The average Bonchev–Trinajstić information content (AvgIpc) is 2.73. The van der Waals surface area contributed by atoms with Crippen LogP contribution in [0, 0.1) is 11.8 Å². The molecule has 0 saturated carbocycles. The van der Waals surface area contributed by atoms with Crippen molar-refractivity contribution in [1.82, 2.24) is 0 Å². The van der Waals surface area contributed by atoms with Crippen LogP contribution in [0.5, 0.6) is 0 Å². The first kappa shape index (κ1) is 18.5. The van der Waals surface area contributed by atoms with Gasteiger partial charge < -0.3 is 0 Å². The summed E-state index contributed by atoms with van der Waals surface area (Å²) in [5.74, 6) is 1.21. The molecule has 0 aromatic rings. The molecule has 148 valence electrons. The Bertz CT molecular complexity index is 1000. The maximum Gasteiger partial charge on any atom is 0.102 e. The second kappa shape index (κ2) is 7.40. The molecule has 0 bridgehead atoms. The molecule has 0 radical (unpaired) electrons. The zero-order valence-corrected chi connectivity index (χ0v) is 17.7. The van der Waals surface area contributed by atoms with E-state index in [0.717, 1.165) is 23.8 Å². The van der Waals surface area contributed by atoms with Crippen LogP contribution in [0.1, 0.15) is 46.5 Å². The molecule has 3 aliphatic carbocycles. The quantitative estimate of drug-likeness (QED) is 0.538. The normalized spacial score (nSPS) is 33.3. The molecule has 2 heterocycles. The van der Waals surface area contributed by atoms with Crippen LogP contribution in [0.4, 0.5) is 0 Å². The number of dihydropyridines is 2. The van der Waals surface area contributed by atoms with Gasteiger partial charge in [-0.1, -0.05) is 49.5 Å². The molecule has 4 atom stereocenters. The predicted molar refractivity (Wildman–Crippen MR) is 124 cm³/mol. The molecule has 5 rings (SSSR count). The standard InChI is InChI=1S/C27H30N2/c1-17-8-7-11-21(14-17)25-16-19(3)29-27-23(25)13-12-22-24(15-18(2)28-26(22)27)20-9-5-4-6-10-20/h4-6,9,11-13,15-17,20,26-27H,7-8,10,14H2,1-3H3/t17?,20?,26?,27-/m0/s1. The molecule has 29 heavy (non-hydrogen) atoms. The van der Waals surface area contributed by atoms with Crippen molar-refractivity contribution >= 4 is 11.4 Å². The largest absolute Gasteiger partial charge is 0.279 e. The lowest BCUT2D eigenvalue weighted by Gasteiger charge is -2.38. The molecule has 3 unspecified atom stereocenters. The monoisotopic (exact) mass is 382 g/mol. The third-order valence-electron chi connectivity index (χ3n) is 6.77. The van der Waals surface area contributed by atoms with Crippen LogP contribution in [0.15, 0.2) is 92.5 Å². The van der Waals surface area contributed by atoms with E-state index in [2.05, 4.69) is 75.5 Å². The van der Waals surface area contributed by atoms with Gasteiger partial charge in [0.1, 0.15) is 12.1 Å². The highest BCUT2D eigenvalue weighted by molar-refractivity contribution is 5.98. The molecule has 0 aromatic heterocycles. The van der Waals surface area contributed by atoms with Gasteiger partial charge >= 0.3 is 0 Å². The summed E-state index contributed by atoms with van der Waals surface area (Å²) in [6.07, 6.45) is 25.4. The Morgan fingerprint density at radius 1 is 0.897 bits per heavy atom. The molecule has 2 heteroatoms. The third-order valence-corrected chi connectivity index (χ3v) is 6.77. The van der Waals surface area contributed by atoms with E-state index in [0.29, 0.717) is 5.92 Å². The molecule has 0 amide bonds. The van der Waals surface area contributed by atoms with Crippen LogP contribution in [0.2, 0.25) is 0 Å². The number of rotatable bonds is 2. The van der Waals surface area contributed by atoms with Gasteiger partial charge in [0.05, 0.1) is 0 Å². The Morgan fingerprint density at radius 2 is 1.66 bits per heavy atom. The van der Waals surface area contributed by atoms with Gasteiger partial charge in [0.15, 0.2) is 0 Å². The van der Waals surface area contributed by atoms with E-state index in [1.165, 1.54) is 47.1 Å². The summed E-state index contributed by atoms with van der Waals surface area (Å²) in [5.41, 5.74) is 9.33. The molecule has 0 fully saturated rings. The Kier molecular flexibility index (Phi) is 4.73. The molecule has 5 aliphatic rings. The molecule has 0 spiro atoms. The number of aliphatic imine (C=N–C) groups is 2. The fourth-order valence-electron chi connectivity index (χ4n) is 5.36. The predicted octanol–water partition coefficient (Wildman–Crippen LogP) is 6.27. The van der Waals surface area contributed by atoms with Gasteiger partial charge in [-0.15, -0.1) is 0 Å². The van der Waals surface area contributed by atoms with Crippen molar-refractivity contribution in [2.24, 2.45) is 21.8 Å². The summed E-state index contributed by atoms with van der Waals surface area (Å²) in [6, 6.07) is 0.212. The van der Waals surface area contributed by atoms with Gasteiger partial charge in [0, 0.05) is 17.3 Å². The molecule has 0 saturated heterocycles. The third kappa shape index (κ3) is 3.39. The van der Waals surface area contributed by atoms with Crippen LogP contribution in [0.25, 0.3) is 0 Å². The number of hydrogen-bond donors (Lipinski definition) is 0. The molecule has 0 aromatic carbocycles. The summed E-state index contributed by atoms with van der Waals surface area (Å²) in [4.78, 5) is 10.2. The molecule has 0 N–H and O–H groups in total. The zero-order valence-electron chi connectivity index (χ0n) is 17.7. The Labute approximate surface area is 174 Å². The summed E-state index contributed by atoms with van der Waals surface area (Å²) in [7, 11) is 0. The highest BCUT2D eigenvalue weighted by atomic mass is 14.9. The lowest BCUT2D eigenvalue weighted by molar-refractivity contribution is 0.511. The van der Waals surface area contributed by atoms with E-state index < -0.39 is 0 Å². The zero-order chi connectivity index (χ0) is 20.0. The van der Waals surface area contributed by atoms with Crippen molar-refractivity contribution in [1.29, 1.82) is 0 Å². The van der Waals surface area contributed by atoms with Gasteiger partial charge in [-0.3, -0.25) is 9.98 Å². The summed E-state index contributed by atoms with van der Waals surface area (Å²) in [6.45, 7) is 6.66. The maximum absolute atomic E-state index is 5.10. The second-order valence-corrected chi connectivity index (χ2v) is 9.10. The van der Waals surface area contributed by atoms with E-state index >= 15 is 0 Å². The van der Waals surface area contributed by atoms with Crippen LogP contribution in [-0.4, -0.2) is 23.5 Å². The van der Waals surface area contributed by atoms with Crippen LogP contribution in [0.3, 0.4) is 0 Å². The SMILES string of the molecule is CC1=NC2C(=CC=C3C(C4=CCCC(C)C4)=CC(C)=N[C@@H]32)C(C2C=CC=CC2)=C1. The molecule has 2 nitrogen and oxygen atoms in total. The van der Waals surface area contributed by atoms with Crippen molar-refractivity contribution in [3.63, 3.8) is 0 Å². The maximum atomic E-state index is 5.10. The Balaban J connectivity index is 1.56. The number of fused-ring (bicyclic) bond motifs is 3. The van der Waals surface area contributed by atoms with Crippen molar-refractivity contribution in [2.75, 3.05) is 0 Å². The van der Waals surface area contributed by atoms with Gasteiger partial charge in [0.2, 0.25) is 0 Å². The van der Waals surface area contributed by atoms with Crippen molar-refractivity contribution in [3.05, 3.63) is 82.5 Å². The van der Waals surface area contributed by atoms with Crippen LogP contribution < -0.4 is 0 Å². The first-order valence-corrected chi connectivity index (χ1v) is 11.1. The minimum Gasteiger partial charge on any atom is -0.279 e.